The number of carbonyl (C=O) groups is 1. The molecule has 0 aliphatic heterocycles. The van der Waals surface area contributed by atoms with Crippen LogP contribution >= 0.6 is 11.6 Å². The average Bonchev–Trinajstić information content (AvgIpc) is 3.60. The summed E-state index contributed by atoms with van der Waals surface area (Å²) in [4.78, 5) is 28.9. The number of nitrogens with one attached hydrogen (secondary N) is 2. The Labute approximate surface area is 173 Å². The van der Waals surface area contributed by atoms with Gasteiger partial charge in [0.15, 0.2) is 5.69 Å². The highest BCUT2D eigenvalue weighted by atomic mass is 35.5. The molecule has 2 N–H and O–H groups in total. The molecule has 0 radical (unpaired) electrons. The Hall–Kier alpha value is -2.60. The molecule has 29 heavy (non-hydrogen) atoms. The number of benzene rings is 1. The largest absolute Gasteiger partial charge is 0.348 e. The number of aromatic amines is 1. The number of fused-ring (bicyclic) bond motifs is 1. The molecule has 3 aromatic rings. The Morgan fingerprint density at radius 2 is 2.07 bits per heavy atom. The zero-order chi connectivity index (χ0) is 20.3. The topological polar surface area (TPSA) is 79.3 Å². The van der Waals surface area contributed by atoms with Gasteiger partial charge in [-0.1, -0.05) is 17.7 Å². The van der Waals surface area contributed by atoms with Crippen molar-refractivity contribution in [3.8, 4) is 11.3 Å². The second-order valence-electron chi connectivity index (χ2n) is 8.39. The maximum absolute atomic E-state index is 13.0. The molecule has 1 amide bonds. The number of H-pyrrole nitrogens is 1. The molecule has 1 aromatic carbocycles. The van der Waals surface area contributed by atoms with E-state index in [-0.39, 0.29) is 23.4 Å². The fourth-order valence-corrected chi connectivity index (χ4v) is 4.10. The van der Waals surface area contributed by atoms with E-state index in [1.54, 1.807) is 10.7 Å². The standard InChI is InChI=1S/C22H23ClN4O2/c1-11-9-15(7-8-16(11)23)17-10-27-20(22(29)25-17)18(14-5-6-14)19(26-27)21(28)24-12(2)13-3-4-13/h7-10,12-14H,3-6H2,1-2H3,(H,24,28)(H,25,29)/t12-/m1/s1. The number of amides is 1. The Balaban J connectivity index is 1.60. The zero-order valence-corrected chi connectivity index (χ0v) is 17.2. The molecule has 2 heterocycles. The first kappa shape index (κ1) is 18.4. The number of hydrogen-bond acceptors (Lipinski definition) is 3. The summed E-state index contributed by atoms with van der Waals surface area (Å²) in [7, 11) is 0. The van der Waals surface area contributed by atoms with Crippen molar-refractivity contribution >= 4 is 23.0 Å². The van der Waals surface area contributed by atoms with Gasteiger partial charge in [0.1, 0.15) is 5.52 Å². The molecule has 2 aliphatic carbocycles. The third-order valence-electron chi connectivity index (χ3n) is 6.02. The zero-order valence-electron chi connectivity index (χ0n) is 16.5. The van der Waals surface area contributed by atoms with Crippen LogP contribution in [0.4, 0.5) is 0 Å². The van der Waals surface area contributed by atoms with Gasteiger partial charge >= 0.3 is 0 Å². The minimum Gasteiger partial charge on any atom is -0.348 e. The minimum atomic E-state index is -0.223. The SMILES string of the molecule is Cc1cc(-c2cn3nc(C(=O)N[C@H](C)C4CC4)c(C4CC4)c3c(=O)[nH]2)ccc1Cl. The van der Waals surface area contributed by atoms with E-state index in [9.17, 15) is 9.59 Å². The van der Waals surface area contributed by atoms with Crippen LogP contribution in [0.5, 0.6) is 0 Å². The molecule has 7 heteroatoms. The van der Waals surface area contributed by atoms with Gasteiger partial charge in [-0.2, -0.15) is 5.10 Å². The van der Waals surface area contributed by atoms with Crippen LogP contribution < -0.4 is 10.9 Å². The van der Waals surface area contributed by atoms with Crippen molar-refractivity contribution in [3.63, 3.8) is 0 Å². The van der Waals surface area contributed by atoms with Gasteiger partial charge < -0.3 is 10.3 Å². The molecule has 0 saturated heterocycles. The molecule has 0 unspecified atom stereocenters. The van der Waals surface area contributed by atoms with E-state index in [0.717, 1.165) is 42.4 Å². The van der Waals surface area contributed by atoms with E-state index in [4.69, 9.17) is 11.6 Å². The fraction of sp³-hybridized carbons (Fsp3) is 0.409. The highest BCUT2D eigenvalue weighted by molar-refractivity contribution is 6.31. The monoisotopic (exact) mass is 410 g/mol. The van der Waals surface area contributed by atoms with Gasteiger partial charge in [0.2, 0.25) is 0 Å². The van der Waals surface area contributed by atoms with Crippen molar-refractivity contribution < 1.29 is 4.79 Å². The molecule has 2 fully saturated rings. The van der Waals surface area contributed by atoms with E-state index in [0.29, 0.717) is 27.8 Å². The summed E-state index contributed by atoms with van der Waals surface area (Å²) in [5, 5.41) is 8.31. The first-order valence-corrected chi connectivity index (χ1v) is 10.5. The predicted molar refractivity (Wildman–Crippen MR) is 113 cm³/mol. The lowest BCUT2D eigenvalue weighted by Gasteiger charge is -2.12. The Kier molecular flexibility index (Phi) is 4.28. The van der Waals surface area contributed by atoms with E-state index in [2.05, 4.69) is 15.4 Å². The number of hydrogen-bond donors (Lipinski definition) is 2. The number of halogens is 1. The molecule has 150 valence electrons. The van der Waals surface area contributed by atoms with Gasteiger partial charge in [-0.05, 0) is 74.6 Å². The van der Waals surface area contributed by atoms with Gasteiger partial charge in [-0.15, -0.1) is 0 Å². The predicted octanol–water partition coefficient (Wildman–Crippen LogP) is 4.06. The summed E-state index contributed by atoms with van der Waals surface area (Å²) >= 11 is 6.13. The first-order valence-electron chi connectivity index (χ1n) is 10.2. The summed E-state index contributed by atoms with van der Waals surface area (Å²) in [6.45, 7) is 3.96. The summed E-state index contributed by atoms with van der Waals surface area (Å²) in [5.41, 5.74) is 3.84. The van der Waals surface area contributed by atoms with Crippen molar-refractivity contribution in [2.45, 2.75) is 51.5 Å². The van der Waals surface area contributed by atoms with Gasteiger partial charge in [-0.25, -0.2) is 4.52 Å². The Bertz CT molecular complexity index is 1190. The Morgan fingerprint density at radius 3 is 2.72 bits per heavy atom. The van der Waals surface area contributed by atoms with Crippen LogP contribution in [0.2, 0.25) is 5.02 Å². The molecule has 5 rings (SSSR count). The number of rotatable bonds is 5. The summed E-state index contributed by atoms with van der Waals surface area (Å²) in [5.74, 6) is 0.607. The van der Waals surface area contributed by atoms with Gasteiger partial charge in [0.05, 0.1) is 11.9 Å². The second kappa shape index (κ2) is 6.73. The van der Waals surface area contributed by atoms with E-state index in [1.807, 2.05) is 32.0 Å². The summed E-state index contributed by atoms with van der Waals surface area (Å²) < 4.78 is 1.57. The van der Waals surface area contributed by atoms with Crippen molar-refractivity contribution in [1.82, 2.24) is 19.9 Å². The number of nitrogens with zero attached hydrogens (tertiary/aromatic N) is 2. The maximum atomic E-state index is 13.0. The van der Waals surface area contributed by atoms with Crippen LogP contribution in [-0.4, -0.2) is 26.5 Å². The fourth-order valence-electron chi connectivity index (χ4n) is 3.98. The van der Waals surface area contributed by atoms with E-state index < -0.39 is 0 Å². The lowest BCUT2D eigenvalue weighted by Crippen LogP contribution is -2.34. The lowest BCUT2D eigenvalue weighted by atomic mass is 10.1. The minimum absolute atomic E-state index is 0.130. The molecular formula is C22H23ClN4O2. The number of aryl methyl sites for hydroxylation is 1. The smallest absolute Gasteiger partial charge is 0.274 e. The number of aromatic nitrogens is 3. The third kappa shape index (κ3) is 3.35. The van der Waals surface area contributed by atoms with E-state index >= 15 is 0 Å². The Morgan fingerprint density at radius 1 is 1.31 bits per heavy atom. The molecule has 2 saturated carbocycles. The van der Waals surface area contributed by atoms with Crippen molar-refractivity contribution in [1.29, 1.82) is 0 Å². The molecule has 2 aromatic heterocycles. The third-order valence-corrected chi connectivity index (χ3v) is 6.44. The highest BCUT2D eigenvalue weighted by Crippen LogP contribution is 2.43. The van der Waals surface area contributed by atoms with Crippen molar-refractivity contribution in [3.05, 3.63) is 56.6 Å². The molecule has 0 bridgehead atoms. The van der Waals surface area contributed by atoms with Gasteiger partial charge in [-0.3, -0.25) is 9.59 Å². The van der Waals surface area contributed by atoms with Gasteiger partial charge in [0.25, 0.3) is 11.5 Å². The van der Waals surface area contributed by atoms with Crippen LogP contribution in [0, 0.1) is 12.8 Å². The highest BCUT2D eigenvalue weighted by Gasteiger charge is 2.36. The second-order valence-corrected chi connectivity index (χ2v) is 8.80. The molecular weight excluding hydrogens is 388 g/mol. The lowest BCUT2D eigenvalue weighted by molar-refractivity contribution is 0.0929. The average molecular weight is 411 g/mol. The van der Waals surface area contributed by atoms with Crippen LogP contribution in [-0.2, 0) is 0 Å². The first-order chi connectivity index (χ1) is 13.9. The van der Waals surface area contributed by atoms with Crippen LogP contribution in [0.25, 0.3) is 16.8 Å². The number of carbonyl (C=O) groups excluding carboxylic acids is 1. The summed E-state index contributed by atoms with van der Waals surface area (Å²) in [6.07, 6.45) is 6.07. The van der Waals surface area contributed by atoms with Crippen molar-refractivity contribution in [2.24, 2.45) is 5.92 Å². The van der Waals surface area contributed by atoms with Crippen LogP contribution in [0.3, 0.4) is 0 Å². The molecule has 0 spiro atoms. The van der Waals surface area contributed by atoms with Crippen molar-refractivity contribution in [2.75, 3.05) is 0 Å². The van der Waals surface area contributed by atoms with Crippen LogP contribution in [0.1, 0.15) is 60.1 Å². The summed E-state index contributed by atoms with van der Waals surface area (Å²) in [6, 6.07) is 5.73. The molecule has 1 atom stereocenters. The van der Waals surface area contributed by atoms with Crippen LogP contribution in [0.15, 0.2) is 29.2 Å². The maximum Gasteiger partial charge on any atom is 0.274 e. The molecule has 2 aliphatic rings. The van der Waals surface area contributed by atoms with E-state index in [1.165, 1.54) is 0 Å². The normalized spacial score (nSPS) is 17.5. The molecule has 6 nitrogen and oxygen atoms in total. The van der Waals surface area contributed by atoms with Gasteiger partial charge in [0, 0.05) is 16.6 Å². The quantitative estimate of drug-likeness (QED) is 0.665.